The minimum atomic E-state index is -0.434. The number of nitrogens with zero attached hydrogens (tertiary/aromatic N) is 3. The predicted molar refractivity (Wildman–Crippen MR) is 162 cm³/mol. The molecular weight excluding hydrogens is 559 g/mol. The molecule has 208 valence electrons. The van der Waals surface area contributed by atoms with Crippen molar-refractivity contribution in [3.05, 3.63) is 124 Å². The summed E-state index contributed by atoms with van der Waals surface area (Å²) in [6, 6.07) is 25.9. The summed E-state index contributed by atoms with van der Waals surface area (Å²) in [5.74, 6) is 0.379. The van der Waals surface area contributed by atoms with Gasteiger partial charge < -0.3 is 9.32 Å². The second kappa shape index (κ2) is 12.5. The molecule has 0 aliphatic carbocycles. The molecule has 5 rings (SSSR count). The maximum atomic E-state index is 13.5. The largest absolute Gasteiger partial charge is 0.467 e. The quantitative estimate of drug-likeness (QED) is 0.191. The molecule has 0 aliphatic rings. The summed E-state index contributed by atoms with van der Waals surface area (Å²) in [6.45, 7) is 4.08. The van der Waals surface area contributed by atoms with Crippen LogP contribution >= 0.6 is 23.2 Å². The van der Waals surface area contributed by atoms with Crippen molar-refractivity contribution in [2.45, 2.75) is 26.3 Å². The van der Waals surface area contributed by atoms with Crippen LogP contribution in [0, 0.1) is 0 Å². The summed E-state index contributed by atoms with van der Waals surface area (Å²) in [6.07, 6.45) is 3.40. The molecule has 9 heteroatoms. The van der Waals surface area contributed by atoms with Gasteiger partial charge in [-0.25, -0.2) is 4.98 Å². The third-order valence-corrected chi connectivity index (χ3v) is 7.12. The monoisotopic (exact) mass is 586 g/mol. The van der Waals surface area contributed by atoms with Crippen molar-refractivity contribution < 1.29 is 14.0 Å². The summed E-state index contributed by atoms with van der Waals surface area (Å²) in [4.78, 5) is 33.1. The lowest BCUT2D eigenvalue weighted by molar-refractivity contribution is -0.117. The Balaban J connectivity index is 1.44. The number of halogens is 2. The molecule has 1 N–H and O–H groups in total. The number of imidazole rings is 1. The summed E-state index contributed by atoms with van der Waals surface area (Å²) >= 11 is 12.4. The van der Waals surface area contributed by atoms with Crippen molar-refractivity contribution in [1.82, 2.24) is 14.5 Å². The highest BCUT2D eigenvalue weighted by molar-refractivity contribution is 6.36. The van der Waals surface area contributed by atoms with E-state index < -0.39 is 11.8 Å². The van der Waals surface area contributed by atoms with Gasteiger partial charge in [0.15, 0.2) is 0 Å². The van der Waals surface area contributed by atoms with Gasteiger partial charge in [-0.3, -0.25) is 19.5 Å². The number of amides is 2. The number of nitrogens with one attached hydrogen (secondary N) is 1. The number of carbonyl (C=O) groups excluding carboxylic acids is 2. The van der Waals surface area contributed by atoms with Crippen LogP contribution in [0.5, 0.6) is 0 Å². The zero-order valence-corrected chi connectivity index (χ0v) is 24.1. The van der Waals surface area contributed by atoms with E-state index in [2.05, 4.69) is 31.3 Å². The van der Waals surface area contributed by atoms with E-state index in [0.717, 1.165) is 11.3 Å². The Kier molecular flexibility index (Phi) is 8.57. The molecule has 0 saturated heterocycles. The first-order chi connectivity index (χ1) is 19.8. The number of aromatic nitrogens is 2. The van der Waals surface area contributed by atoms with Crippen molar-refractivity contribution in [1.29, 1.82) is 0 Å². The van der Waals surface area contributed by atoms with Crippen LogP contribution in [0.2, 0.25) is 10.0 Å². The van der Waals surface area contributed by atoms with Crippen molar-refractivity contribution >= 4 is 41.0 Å². The third-order valence-electron chi connectivity index (χ3n) is 6.57. The van der Waals surface area contributed by atoms with Gasteiger partial charge in [0.05, 0.1) is 29.1 Å². The Hall–Kier alpha value is -4.33. The summed E-state index contributed by atoms with van der Waals surface area (Å²) in [5.41, 5.74) is 3.89. The van der Waals surface area contributed by atoms with Crippen LogP contribution in [-0.2, 0) is 11.3 Å². The van der Waals surface area contributed by atoms with E-state index in [1.54, 1.807) is 24.3 Å². The molecule has 2 aromatic heterocycles. The Morgan fingerprint density at radius 3 is 2.39 bits per heavy atom. The average molecular weight is 588 g/mol. The highest BCUT2D eigenvalue weighted by atomic mass is 35.5. The minimum absolute atomic E-state index is 0.0680. The van der Waals surface area contributed by atoms with Crippen LogP contribution in [-0.4, -0.2) is 32.8 Å². The molecule has 0 spiro atoms. The van der Waals surface area contributed by atoms with Crippen LogP contribution in [0.3, 0.4) is 0 Å². The molecule has 0 saturated carbocycles. The van der Waals surface area contributed by atoms with Crippen LogP contribution in [0.15, 0.2) is 102 Å². The number of anilines is 1. The first-order valence-electron chi connectivity index (χ1n) is 13.1. The molecule has 2 amide bonds. The fourth-order valence-corrected chi connectivity index (χ4v) is 4.88. The normalized spacial score (nSPS) is 11.0. The highest BCUT2D eigenvalue weighted by Crippen LogP contribution is 2.26. The molecule has 0 atom stereocenters. The molecule has 0 fully saturated rings. The Labute approximate surface area is 248 Å². The fourth-order valence-electron chi connectivity index (χ4n) is 4.39. The summed E-state index contributed by atoms with van der Waals surface area (Å²) in [7, 11) is 0. The van der Waals surface area contributed by atoms with E-state index in [1.165, 1.54) is 22.8 Å². The van der Waals surface area contributed by atoms with Crippen LogP contribution < -0.4 is 5.32 Å². The molecule has 41 heavy (non-hydrogen) atoms. The Morgan fingerprint density at radius 1 is 0.976 bits per heavy atom. The van der Waals surface area contributed by atoms with Gasteiger partial charge in [-0.2, -0.15) is 0 Å². The van der Waals surface area contributed by atoms with Gasteiger partial charge in [-0.05, 0) is 53.9 Å². The topological polar surface area (TPSA) is 80.4 Å². The third kappa shape index (κ3) is 6.70. The van der Waals surface area contributed by atoms with Crippen molar-refractivity contribution in [2.75, 3.05) is 11.9 Å². The lowest BCUT2D eigenvalue weighted by Crippen LogP contribution is -2.38. The standard InChI is InChI=1S/C32H28Cl2N4O3/c1-21(2)22-10-13-25(14-11-22)38-19-29(23-7-4-3-5-8-23)35-32(38)36-30(39)20-37(18-26-9-6-16-41-26)31(40)27-15-12-24(33)17-28(27)34/h3-17,19,21H,18,20H2,1-2H3,(H,35,36,39). The molecular formula is C32H28Cl2N4O3. The van der Waals surface area contributed by atoms with Crippen molar-refractivity contribution in [3.8, 4) is 16.9 Å². The molecule has 7 nitrogen and oxygen atoms in total. The SMILES string of the molecule is CC(C)c1ccc(-n2cc(-c3ccccc3)nc2NC(=O)CN(Cc2ccco2)C(=O)c2ccc(Cl)cc2Cl)cc1. The number of benzene rings is 3. The van der Waals surface area contributed by atoms with Gasteiger partial charge in [0.2, 0.25) is 11.9 Å². The summed E-state index contributed by atoms with van der Waals surface area (Å²) in [5, 5.41) is 3.51. The number of hydrogen-bond donors (Lipinski definition) is 1. The zero-order valence-electron chi connectivity index (χ0n) is 22.6. The van der Waals surface area contributed by atoms with Gasteiger partial charge in [0.1, 0.15) is 12.3 Å². The summed E-state index contributed by atoms with van der Waals surface area (Å²) < 4.78 is 7.29. The molecule has 2 heterocycles. The molecule has 0 bridgehead atoms. The van der Waals surface area contributed by atoms with Crippen molar-refractivity contribution in [3.63, 3.8) is 0 Å². The molecule has 0 radical (unpaired) electrons. The Bertz CT molecular complexity index is 1650. The fraction of sp³-hybridized carbons (Fsp3) is 0.156. The lowest BCUT2D eigenvalue weighted by Gasteiger charge is -2.22. The van der Waals surface area contributed by atoms with E-state index in [-0.39, 0.29) is 23.7 Å². The maximum absolute atomic E-state index is 13.5. The van der Waals surface area contributed by atoms with Crippen LogP contribution in [0.25, 0.3) is 16.9 Å². The highest BCUT2D eigenvalue weighted by Gasteiger charge is 2.24. The zero-order chi connectivity index (χ0) is 28.9. The van der Waals surface area contributed by atoms with Gasteiger partial charge in [-0.15, -0.1) is 0 Å². The molecule has 0 unspecified atom stereocenters. The van der Waals surface area contributed by atoms with Crippen molar-refractivity contribution in [2.24, 2.45) is 0 Å². The second-order valence-electron chi connectivity index (χ2n) is 9.84. The van der Waals surface area contributed by atoms with E-state index in [4.69, 9.17) is 32.6 Å². The minimum Gasteiger partial charge on any atom is -0.467 e. The number of hydrogen-bond acceptors (Lipinski definition) is 4. The average Bonchev–Trinajstić information content (AvgIpc) is 3.63. The second-order valence-corrected chi connectivity index (χ2v) is 10.7. The molecule has 0 aliphatic heterocycles. The first kappa shape index (κ1) is 28.2. The van der Waals surface area contributed by atoms with E-state index in [1.807, 2.05) is 53.2 Å². The lowest BCUT2D eigenvalue weighted by atomic mass is 10.0. The van der Waals surface area contributed by atoms with E-state index in [9.17, 15) is 9.59 Å². The smallest absolute Gasteiger partial charge is 0.256 e. The van der Waals surface area contributed by atoms with Crippen LogP contribution in [0.1, 0.15) is 41.4 Å². The first-order valence-corrected chi connectivity index (χ1v) is 13.9. The van der Waals surface area contributed by atoms with E-state index >= 15 is 0 Å². The van der Waals surface area contributed by atoms with Gasteiger partial charge in [-0.1, -0.05) is 79.5 Å². The van der Waals surface area contributed by atoms with Gasteiger partial charge in [0.25, 0.3) is 5.91 Å². The Morgan fingerprint density at radius 2 is 1.73 bits per heavy atom. The predicted octanol–water partition coefficient (Wildman–Crippen LogP) is 7.84. The maximum Gasteiger partial charge on any atom is 0.256 e. The van der Waals surface area contributed by atoms with Gasteiger partial charge in [0, 0.05) is 22.5 Å². The number of carbonyl (C=O) groups is 2. The van der Waals surface area contributed by atoms with Gasteiger partial charge >= 0.3 is 0 Å². The molecule has 5 aromatic rings. The number of rotatable bonds is 9. The molecule has 3 aromatic carbocycles. The van der Waals surface area contributed by atoms with Crippen LogP contribution in [0.4, 0.5) is 5.95 Å². The number of furan rings is 1. The van der Waals surface area contributed by atoms with E-state index in [0.29, 0.717) is 28.3 Å².